The van der Waals surface area contributed by atoms with Crippen LogP contribution in [0.3, 0.4) is 0 Å². The van der Waals surface area contributed by atoms with E-state index in [1.165, 1.54) is 10.9 Å². The molecule has 0 radical (unpaired) electrons. The Morgan fingerprint density at radius 3 is 2.79 bits per heavy atom. The fourth-order valence-electron chi connectivity index (χ4n) is 2.87. The van der Waals surface area contributed by atoms with Gasteiger partial charge >= 0.3 is 6.09 Å². The number of nitriles is 1. The highest BCUT2D eigenvalue weighted by Gasteiger charge is 2.20. The molecule has 0 fully saturated rings. The number of pyridine rings is 2. The molecular weight excluding hydrogens is 460 g/mol. The van der Waals surface area contributed by atoms with Gasteiger partial charge in [-0.1, -0.05) is 29.5 Å². The van der Waals surface area contributed by atoms with Crippen LogP contribution < -0.4 is 10.6 Å². The zero-order valence-corrected chi connectivity index (χ0v) is 19.2. The summed E-state index contributed by atoms with van der Waals surface area (Å²) in [6.07, 6.45) is 1.90. The predicted molar refractivity (Wildman–Crippen MR) is 124 cm³/mol. The molecule has 0 bridgehead atoms. The first-order chi connectivity index (χ1) is 16.3. The number of nitrogens with one attached hydrogen (secondary N) is 2. The molecule has 3 aromatic heterocycles. The summed E-state index contributed by atoms with van der Waals surface area (Å²) in [5, 5.41) is 22.2. The second-order valence-electron chi connectivity index (χ2n) is 7.12. The number of nitrogens with zero attached hydrogens (tertiary/aromatic N) is 6. The fourth-order valence-corrected chi connectivity index (χ4v) is 3.15. The Balaban J connectivity index is 1.67. The number of rotatable bonds is 8. The van der Waals surface area contributed by atoms with Crippen LogP contribution >= 0.6 is 11.6 Å². The van der Waals surface area contributed by atoms with Gasteiger partial charge in [-0.2, -0.15) is 5.26 Å². The number of halogens is 1. The number of aromatic nitrogens is 5. The van der Waals surface area contributed by atoms with E-state index < -0.39 is 12.2 Å². The minimum atomic E-state index is -0.742. The maximum atomic E-state index is 12.5. The van der Waals surface area contributed by atoms with Crippen molar-refractivity contribution in [2.45, 2.75) is 19.4 Å². The minimum absolute atomic E-state index is 0.244. The molecule has 0 saturated carbocycles. The second-order valence-corrected chi connectivity index (χ2v) is 7.48. The molecule has 0 aliphatic rings. The average Bonchev–Trinajstić information content (AvgIpc) is 3.18. The van der Waals surface area contributed by atoms with Crippen molar-refractivity contribution in [1.29, 1.82) is 5.26 Å². The van der Waals surface area contributed by atoms with Gasteiger partial charge in [0.1, 0.15) is 11.3 Å². The summed E-state index contributed by atoms with van der Waals surface area (Å²) in [4.78, 5) is 33.0. The minimum Gasteiger partial charge on any atom is -0.441 e. The van der Waals surface area contributed by atoms with E-state index in [9.17, 15) is 9.59 Å². The van der Waals surface area contributed by atoms with Gasteiger partial charge in [0.05, 0.1) is 17.3 Å². The van der Waals surface area contributed by atoms with Gasteiger partial charge in [-0.25, -0.2) is 14.5 Å². The van der Waals surface area contributed by atoms with Crippen molar-refractivity contribution in [1.82, 2.24) is 30.3 Å². The Kier molecular flexibility index (Phi) is 7.89. The largest absolute Gasteiger partial charge is 0.441 e. The molecule has 2 N–H and O–H groups in total. The van der Waals surface area contributed by atoms with Gasteiger partial charge in [-0.05, 0) is 31.5 Å². The molecule has 0 spiro atoms. The maximum Gasteiger partial charge on any atom is 0.413 e. The van der Waals surface area contributed by atoms with E-state index >= 15 is 0 Å². The lowest BCUT2D eigenvalue weighted by atomic mass is 10.2. The van der Waals surface area contributed by atoms with Gasteiger partial charge in [0.2, 0.25) is 0 Å². The van der Waals surface area contributed by atoms with Gasteiger partial charge < -0.3 is 10.1 Å². The molecule has 0 aliphatic heterocycles. The summed E-state index contributed by atoms with van der Waals surface area (Å²) in [6.45, 7) is 5.53. The Hall–Kier alpha value is -4.30. The van der Waals surface area contributed by atoms with Crippen LogP contribution in [0.25, 0.3) is 11.4 Å². The van der Waals surface area contributed by atoms with Crippen molar-refractivity contribution in [2.24, 2.45) is 7.05 Å². The number of hydrogen-bond donors (Lipinski definition) is 2. The van der Waals surface area contributed by atoms with Crippen LogP contribution in [-0.4, -0.2) is 43.5 Å². The number of hydrogen-bond acceptors (Lipinski definition) is 8. The van der Waals surface area contributed by atoms with Crippen LogP contribution in [0.4, 0.5) is 10.6 Å². The van der Waals surface area contributed by atoms with Crippen LogP contribution in [0.5, 0.6) is 0 Å². The van der Waals surface area contributed by atoms with Crippen molar-refractivity contribution in [2.75, 3.05) is 11.9 Å². The summed E-state index contributed by atoms with van der Waals surface area (Å²) in [6, 6.07) is 8.49. The molecule has 3 heterocycles. The Labute approximate surface area is 200 Å². The van der Waals surface area contributed by atoms with Crippen molar-refractivity contribution in [3.8, 4) is 17.5 Å². The van der Waals surface area contributed by atoms with Gasteiger partial charge in [0, 0.05) is 37.1 Å². The first kappa shape index (κ1) is 24.3. The first-order valence-electron chi connectivity index (χ1n) is 10.1. The summed E-state index contributed by atoms with van der Waals surface area (Å²) >= 11 is 6.06. The molecule has 12 heteroatoms. The number of ether oxygens (including phenoxy) is 1. The summed E-state index contributed by atoms with van der Waals surface area (Å²) in [7, 11) is 1.60. The lowest BCUT2D eigenvalue weighted by Gasteiger charge is -2.15. The van der Waals surface area contributed by atoms with Crippen molar-refractivity contribution < 1.29 is 14.3 Å². The molecular formula is C22H21ClN8O3. The number of carbonyl (C=O) groups is 2. The molecule has 3 rings (SSSR count). The molecule has 2 amide bonds. The van der Waals surface area contributed by atoms with E-state index in [-0.39, 0.29) is 23.4 Å². The highest BCUT2D eigenvalue weighted by molar-refractivity contribution is 6.30. The number of anilines is 1. The monoisotopic (exact) mass is 480 g/mol. The van der Waals surface area contributed by atoms with Crippen LogP contribution in [0.2, 0.25) is 5.15 Å². The van der Waals surface area contributed by atoms with E-state index in [1.54, 1.807) is 44.4 Å². The van der Waals surface area contributed by atoms with E-state index in [0.29, 0.717) is 34.5 Å². The maximum absolute atomic E-state index is 12.5. The van der Waals surface area contributed by atoms with Crippen LogP contribution in [0.15, 0.2) is 48.8 Å². The standard InChI is InChI=1S/C22H21ClN8O3/c1-13(11-24)8-10-26-21(32)15-6-7-17(27-12-15)18-20(31(3)30-29-18)28-22(33)34-14(2)16-5-4-9-25-19(16)23/h4-7,9,12,14H,1,8,10H2,2-3H3,(H,26,32)(H,28,33)/t14-/m1/s1. The van der Waals surface area contributed by atoms with E-state index in [1.807, 2.05) is 6.07 Å². The molecule has 0 aromatic carbocycles. The topological polar surface area (TPSA) is 148 Å². The smallest absolute Gasteiger partial charge is 0.413 e. The number of amides is 2. The Bertz CT molecular complexity index is 1250. The van der Waals surface area contributed by atoms with Gasteiger partial charge in [0.25, 0.3) is 5.91 Å². The fraction of sp³-hybridized carbons (Fsp3) is 0.227. The highest BCUT2D eigenvalue weighted by atomic mass is 35.5. The zero-order chi connectivity index (χ0) is 24.7. The lowest BCUT2D eigenvalue weighted by molar-refractivity contribution is 0.0953. The normalized spacial score (nSPS) is 11.2. The molecule has 11 nitrogen and oxygen atoms in total. The van der Waals surface area contributed by atoms with Crippen molar-refractivity contribution in [3.63, 3.8) is 0 Å². The SMILES string of the molecule is C=C(C#N)CCNC(=O)c1ccc(-c2nnn(C)c2NC(=O)O[C@H](C)c2cccnc2Cl)nc1. The summed E-state index contributed by atoms with van der Waals surface area (Å²) < 4.78 is 6.77. The molecule has 34 heavy (non-hydrogen) atoms. The predicted octanol–water partition coefficient (Wildman–Crippen LogP) is 3.43. The quantitative estimate of drug-likeness (QED) is 0.368. The van der Waals surface area contributed by atoms with Crippen molar-refractivity contribution >= 4 is 29.4 Å². The Morgan fingerprint density at radius 2 is 2.12 bits per heavy atom. The van der Waals surface area contributed by atoms with Crippen LogP contribution in [0, 0.1) is 11.3 Å². The number of aryl methyl sites for hydroxylation is 1. The molecule has 0 unspecified atom stereocenters. The first-order valence-corrected chi connectivity index (χ1v) is 10.5. The molecule has 0 saturated heterocycles. The van der Waals surface area contributed by atoms with Crippen molar-refractivity contribution in [3.05, 3.63) is 65.1 Å². The third-order valence-corrected chi connectivity index (χ3v) is 5.01. The highest BCUT2D eigenvalue weighted by Crippen LogP contribution is 2.26. The van der Waals surface area contributed by atoms with Crippen LogP contribution in [-0.2, 0) is 11.8 Å². The van der Waals surface area contributed by atoms with Gasteiger partial charge in [-0.3, -0.25) is 15.1 Å². The third kappa shape index (κ3) is 5.93. The van der Waals surface area contributed by atoms with Crippen LogP contribution in [0.1, 0.15) is 35.4 Å². The van der Waals surface area contributed by atoms with E-state index in [4.69, 9.17) is 21.6 Å². The second kappa shape index (κ2) is 11.0. The third-order valence-electron chi connectivity index (χ3n) is 4.70. The molecule has 3 aromatic rings. The van der Waals surface area contributed by atoms with Gasteiger partial charge in [0.15, 0.2) is 11.5 Å². The zero-order valence-electron chi connectivity index (χ0n) is 18.4. The summed E-state index contributed by atoms with van der Waals surface area (Å²) in [5.74, 6) is -0.0805. The molecule has 1 atom stereocenters. The average molecular weight is 481 g/mol. The molecule has 174 valence electrons. The number of carbonyl (C=O) groups excluding carboxylic acids is 2. The molecule has 0 aliphatic carbocycles. The Morgan fingerprint density at radius 1 is 1.32 bits per heavy atom. The van der Waals surface area contributed by atoms with E-state index in [2.05, 4.69) is 37.5 Å². The van der Waals surface area contributed by atoms with Gasteiger partial charge in [-0.15, -0.1) is 5.10 Å². The van der Waals surface area contributed by atoms with E-state index in [0.717, 1.165) is 0 Å². The summed E-state index contributed by atoms with van der Waals surface area (Å²) in [5.41, 5.74) is 1.96. The lowest BCUT2D eigenvalue weighted by Crippen LogP contribution is -2.24.